The van der Waals surface area contributed by atoms with Crippen LogP contribution >= 0.6 is 0 Å². The number of ether oxygens (including phenoxy) is 1. The fourth-order valence-corrected chi connectivity index (χ4v) is 2.14. The zero-order valence-corrected chi connectivity index (χ0v) is 11.2. The number of fused-ring (bicyclic) bond motifs is 1. The Balaban J connectivity index is 2.16. The standard InChI is InChI=1S/C15H13N3O2/c1-10-5-3-4-6-12(10)14-17-16-13-9-11(15(19)20-2)7-8-18(13)14/h3-9H,1-2H3. The lowest BCUT2D eigenvalue weighted by Crippen LogP contribution is -2.02. The van der Waals surface area contributed by atoms with Crippen molar-refractivity contribution in [3.63, 3.8) is 0 Å². The summed E-state index contributed by atoms with van der Waals surface area (Å²) in [6.45, 7) is 2.03. The van der Waals surface area contributed by atoms with Crippen molar-refractivity contribution in [1.82, 2.24) is 14.6 Å². The SMILES string of the molecule is COC(=O)c1ccn2c(-c3ccccc3C)nnc2c1. The highest BCUT2D eigenvalue weighted by molar-refractivity contribution is 5.90. The normalized spacial score (nSPS) is 10.7. The lowest BCUT2D eigenvalue weighted by Gasteiger charge is -2.04. The van der Waals surface area contributed by atoms with E-state index in [1.807, 2.05) is 35.6 Å². The average Bonchev–Trinajstić information content (AvgIpc) is 2.90. The number of aromatic nitrogens is 3. The summed E-state index contributed by atoms with van der Waals surface area (Å²) in [6.07, 6.45) is 1.78. The second kappa shape index (κ2) is 4.77. The summed E-state index contributed by atoms with van der Waals surface area (Å²) in [4.78, 5) is 11.5. The van der Waals surface area contributed by atoms with Crippen LogP contribution in [0.2, 0.25) is 0 Å². The molecule has 3 rings (SSSR count). The first-order valence-corrected chi connectivity index (χ1v) is 6.20. The van der Waals surface area contributed by atoms with Crippen LogP contribution in [-0.2, 0) is 4.74 Å². The third kappa shape index (κ3) is 1.93. The number of hydrogen-bond donors (Lipinski definition) is 0. The Morgan fingerprint density at radius 3 is 2.75 bits per heavy atom. The first kappa shape index (κ1) is 12.3. The van der Waals surface area contributed by atoms with Gasteiger partial charge in [0.25, 0.3) is 0 Å². The molecule has 0 aliphatic rings. The molecule has 0 bridgehead atoms. The van der Waals surface area contributed by atoms with E-state index in [0.717, 1.165) is 17.0 Å². The van der Waals surface area contributed by atoms with E-state index in [9.17, 15) is 4.79 Å². The van der Waals surface area contributed by atoms with Gasteiger partial charge in [-0.3, -0.25) is 4.40 Å². The molecule has 3 aromatic rings. The number of aryl methyl sites for hydroxylation is 1. The second-order valence-corrected chi connectivity index (χ2v) is 4.47. The fourth-order valence-electron chi connectivity index (χ4n) is 2.14. The van der Waals surface area contributed by atoms with Crippen LogP contribution in [0.3, 0.4) is 0 Å². The highest BCUT2D eigenvalue weighted by atomic mass is 16.5. The number of pyridine rings is 1. The molecule has 0 saturated carbocycles. The summed E-state index contributed by atoms with van der Waals surface area (Å²) in [6, 6.07) is 11.3. The molecule has 0 amide bonds. The Kier molecular flexibility index (Phi) is 2.95. The number of methoxy groups -OCH3 is 1. The van der Waals surface area contributed by atoms with Crippen LogP contribution in [0.4, 0.5) is 0 Å². The number of hydrogen-bond acceptors (Lipinski definition) is 4. The number of carbonyl (C=O) groups is 1. The molecule has 5 nitrogen and oxygen atoms in total. The van der Waals surface area contributed by atoms with Gasteiger partial charge in [0.05, 0.1) is 12.7 Å². The van der Waals surface area contributed by atoms with Crippen molar-refractivity contribution in [2.45, 2.75) is 6.92 Å². The summed E-state index contributed by atoms with van der Waals surface area (Å²) < 4.78 is 6.56. The summed E-state index contributed by atoms with van der Waals surface area (Å²) in [5.41, 5.74) is 3.22. The Bertz CT molecular complexity index is 793. The molecule has 0 aliphatic heterocycles. The molecule has 0 atom stereocenters. The molecule has 0 radical (unpaired) electrons. The maximum atomic E-state index is 11.5. The first-order valence-electron chi connectivity index (χ1n) is 6.20. The Labute approximate surface area is 115 Å². The molecule has 20 heavy (non-hydrogen) atoms. The largest absolute Gasteiger partial charge is 0.465 e. The van der Waals surface area contributed by atoms with E-state index in [4.69, 9.17) is 4.74 Å². The van der Waals surface area contributed by atoms with Crippen molar-refractivity contribution in [3.8, 4) is 11.4 Å². The highest BCUT2D eigenvalue weighted by Crippen LogP contribution is 2.22. The number of carbonyl (C=O) groups excluding carboxylic acids is 1. The van der Waals surface area contributed by atoms with E-state index >= 15 is 0 Å². The van der Waals surface area contributed by atoms with Crippen LogP contribution in [0.1, 0.15) is 15.9 Å². The smallest absolute Gasteiger partial charge is 0.338 e. The second-order valence-electron chi connectivity index (χ2n) is 4.47. The van der Waals surface area contributed by atoms with Gasteiger partial charge in [0.15, 0.2) is 11.5 Å². The Hall–Kier alpha value is -2.69. The van der Waals surface area contributed by atoms with Gasteiger partial charge in [-0.05, 0) is 24.6 Å². The molecule has 1 aromatic carbocycles. The van der Waals surface area contributed by atoms with E-state index in [1.165, 1.54) is 7.11 Å². The predicted octanol–water partition coefficient (Wildman–Crippen LogP) is 2.49. The van der Waals surface area contributed by atoms with Crippen molar-refractivity contribution >= 4 is 11.6 Å². The molecule has 0 aliphatic carbocycles. The Morgan fingerprint density at radius 2 is 2.00 bits per heavy atom. The molecule has 0 unspecified atom stereocenters. The molecular weight excluding hydrogens is 254 g/mol. The van der Waals surface area contributed by atoms with E-state index in [2.05, 4.69) is 10.2 Å². The van der Waals surface area contributed by atoms with Gasteiger partial charge >= 0.3 is 5.97 Å². The molecule has 0 saturated heterocycles. The third-order valence-electron chi connectivity index (χ3n) is 3.22. The summed E-state index contributed by atoms with van der Waals surface area (Å²) in [7, 11) is 1.36. The van der Waals surface area contributed by atoms with Crippen molar-refractivity contribution in [1.29, 1.82) is 0 Å². The number of rotatable bonds is 2. The van der Waals surface area contributed by atoms with E-state index in [1.54, 1.807) is 18.3 Å². The lowest BCUT2D eigenvalue weighted by atomic mass is 10.1. The fraction of sp³-hybridized carbons (Fsp3) is 0.133. The van der Waals surface area contributed by atoms with E-state index in [-0.39, 0.29) is 5.97 Å². The van der Waals surface area contributed by atoms with Crippen LogP contribution in [0, 0.1) is 6.92 Å². The van der Waals surface area contributed by atoms with Crippen molar-refractivity contribution in [2.75, 3.05) is 7.11 Å². The molecule has 0 fully saturated rings. The van der Waals surface area contributed by atoms with E-state index < -0.39 is 0 Å². The third-order valence-corrected chi connectivity index (χ3v) is 3.22. The monoisotopic (exact) mass is 267 g/mol. The predicted molar refractivity (Wildman–Crippen MR) is 74.5 cm³/mol. The summed E-state index contributed by atoms with van der Waals surface area (Å²) in [5, 5.41) is 8.33. The van der Waals surface area contributed by atoms with Gasteiger partial charge < -0.3 is 4.74 Å². The average molecular weight is 267 g/mol. The van der Waals surface area contributed by atoms with Crippen LogP contribution < -0.4 is 0 Å². The quantitative estimate of drug-likeness (QED) is 0.669. The minimum atomic E-state index is -0.382. The van der Waals surface area contributed by atoms with Gasteiger partial charge in [0.1, 0.15) is 0 Å². The van der Waals surface area contributed by atoms with Crippen LogP contribution in [0.15, 0.2) is 42.6 Å². The minimum Gasteiger partial charge on any atom is -0.465 e. The van der Waals surface area contributed by atoms with Crippen LogP contribution in [0.25, 0.3) is 17.0 Å². The van der Waals surface area contributed by atoms with Gasteiger partial charge in [-0.1, -0.05) is 24.3 Å². The van der Waals surface area contributed by atoms with Gasteiger partial charge in [-0.2, -0.15) is 0 Å². The van der Waals surface area contributed by atoms with Gasteiger partial charge in [0.2, 0.25) is 0 Å². The number of esters is 1. The molecule has 2 aromatic heterocycles. The molecular formula is C15H13N3O2. The first-order chi connectivity index (χ1) is 9.70. The number of nitrogens with zero attached hydrogens (tertiary/aromatic N) is 3. The minimum absolute atomic E-state index is 0.382. The van der Waals surface area contributed by atoms with Gasteiger partial charge in [-0.15, -0.1) is 10.2 Å². The van der Waals surface area contributed by atoms with Crippen molar-refractivity contribution in [2.24, 2.45) is 0 Å². The highest BCUT2D eigenvalue weighted by Gasteiger charge is 2.12. The topological polar surface area (TPSA) is 56.5 Å². The Morgan fingerprint density at radius 1 is 1.20 bits per heavy atom. The van der Waals surface area contributed by atoms with E-state index in [0.29, 0.717) is 11.2 Å². The van der Waals surface area contributed by atoms with Gasteiger partial charge in [0, 0.05) is 11.8 Å². The summed E-state index contributed by atoms with van der Waals surface area (Å²) >= 11 is 0. The number of benzene rings is 1. The van der Waals surface area contributed by atoms with Gasteiger partial charge in [-0.25, -0.2) is 4.79 Å². The van der Waals surface area contributed by atoms with Crippen molar-refractivity contribution < 1.29 is 9.53 Å². The molecule has 0 N–H and O–H groups in total. The maximum absolute atomic E-state index is 11.5. The lowest BCUT2D eigenvalue weighted by molar-refractivity contribution is 0.0600. The molecule has 5 heteroatoms. The summed E-state index contributed by atoms with van der Waals surface area (Å²) in [5.74, 6) is 0.377. The molecule has 0 spiro atoms. The van der Waals surface area contributed by atoms with Crippen LogP contribution in [-0.4, -0.2) is 27.7 Å². The zero-order valence-electron chi connectivity index (χ0n) is 11.2. The molecule has 2 heterocycles. The maximum Gasteiger partial charge on any atom is 0.338 e. The zero-order chi connectivity index (χ0) is 14.1. The molecule has 100 valence electrons. The van der Waals surface area contributed by atoms with Crippen molar-refractivity contribution in [3.05, 3.63) is 53.7 Å². The van der Waals surface area contributed by atoms with Crippen LogP contribution in [0.5, 0.6) is 0 Å².